The highest BCUT2D eigenvalue weighted by Crippen LogP contribution is 2.34. The maximum atomic E-state index is 10.0. The third-order valence-electron chi connectivity index (χ3n) is 3.11. The molecule has 1 aromatic heterocycles. The largest absolute Gasteiger partial charge is 0.392 e. The summed E-state index contributed by atoms with van der Waals surface area (Å²) in [5, 5.41) is 14.0. The van der Waals surface area contributed by atoms with Crippen LogP contribution >= 0.6 is 0 Å². The van der Waals surface area contributed by atoms with Gasteiger partial charge in [0.25, 0.3) is 0 Å². The fourth-order valence-electron chi connectivity index (χ4n) is 1.78. The van der Waals surface area contributed by atoms with Crippen LogP contribution in [0, 0.1) is 10.8 Å². The van der Waals surface area contributed by atoms with Crippen LogP contribution in [0.2, 0.25) is 0 Å². The molecular weight excluding hydrogens is 244 g/mol. The summed E-state index contributed by atoms with van der Waals surface area (Å²) in [4.78, 5) is 4.34. The first-order valence-electron chi connectivity index (χ1n) is 6.59. The second-order valence-corrected chi connectivity index (χ2v) is 7.11. The quantitative estimate of drug-likeness (QED) is 0.911. The van der Waals surface area contributed by atoms with E-state index in [2.05, 4.69) is 30.9 Å². The van der Waals surface area contributed by atoms with Gasteiger partial charge in [-0.25, -0.2) is 0 Å². The maximum Gasteiger partial charge on any atom is 0.229 e. The summed E-state index contributed by atoms with van der Waals surface area (Å²) in [5.41, 5.74) is -0.322. The van der Waals surface area contributed by atoms with Gasteiger partial charge in [-0.2, -0.15) is 4.98 Å². The molecule has 0 aromatic carbocycles. The summed E-state index contributed by atoms with van der Waals surface area (Å²) in [6.45, 7) is 12.1. The van der Waals surface area contributed by atoms with Gasteiger partial charge < -0.3 is 14.4 Å². The summed E-state index contributed by atoms with van der Waals surface area (Å²) in [6, 6.07) is 0. The van der Waals surface area contributed by atoms with Crippen molar-refractivity contribution < 1.29 is 14.4 Å². The van der Waals surface area contributed by atoms with Crippen molar-refractivity contribution in [3.05, 3.63) is 11.7 Å². The molecule has 5 nitrogen and oxygen atoms in total. The molecule has 0 aliphatic rings. The Kier molecular flexibility index (Phi) is 4.74. The first-order valence-corrected chi connectivity index (χ1v) is 6.59. The van der Waals surface area contributed by atoms with E-state index in [-0.39, 0.29) is 16.9 Å². The lowest BCUT2D eigenvalue weighted by Gasteiger charge is -2.26. The predicted molar refractivity (Wildman–Crippen MR) is 72.7 cm³/mol. The Hall–Kier alpha value is -0.940. The van der Waals surface area contributed by atoms with Gasteiger partial charge >= 0.3 is 0 Å². The lowest BCUT2D eigenvalue weighted by atomic mass is 9.87. The SMILES string of the molecule is COC(c1noc(CC(O)C(C)(C)C)n1)C(C)(C)C. The normalized spacial score (nSPS) is 16.4. The molecule has 5 heteroatoms. The topological polar surface area (TPSA) is 68.4 Å². The highest BCUT2D eigenvalue weighted by atomic mass is 16.5. The van der Waals surface area contributed by atoms with Crippen LogP contribution in [0.15, 0.2) is 4.52 Å². The van der Waals surface area contributed by atoms with Crippen LogP contribution in [0.1, 0.15) is 59.4 Å². The Labute approximate surface area is 115 Å². The van der Waals surface area contributed by atoms with Crippen molar-refractivity contribution in [2.45, 2.75) is 60.2 Å². The number of hydrogen-bond acceptors (Lipinski definition) is 5. The van der Waals surface area contributed by atoms with E-state index in [1.54, 1.807) is 7.11 Å². The van der Waals surface area contributed by atoms with Gasteiger partial charge in [-0.05, 0) is 10.8 Å². The highest BCUT2D eigenvalue weighted by Gasteiger charge is 2.31. The summed E-state index contributed by atoms with van der Waals surface area (Å²) < 4.78 is 10.6. The van der Waals surface area contributed by atoms with Gasteiger partial charge in [0.15, 0.2) is 0 Å². The van der Waals surface area contributed by atoms with Crippen LogP contribution in [0.5, 0.6) is 0 Å². The Morgan fingerprint density at radius 1 is 1.16 bits per heavy atom. The van der Waals surface area contributed by atoms with Gasteiger partial charge in [-0.15, -0.1) is 0 Å². The molecule has 0 saturated carbocycles. The zero-order valence-electron chi connectivity index (χ0n) is 13.0. The predicted octanol–water partition coefficient (Wildman–Crippen LogP) is 2.75. The Morgan fingerprint density at radius 3 is 2.16 bits per heavy atom. The van der Waals surface area contributed by atoms with E-state index < -0.39 is 6.10 Å². The molecule has 1 heterocycles. The number of ether oxygens (including phenoxy) is 1. The molecule has 0 saturated heterocycles. The lowest BCUT2D eigenvalue weighted by molar-refractivity contribution is 0.00718. The molecule has 0 bridgehead atoms. The van der Waals surface area contributed by atoms with Crippen LogP contribution in [0.3, 0.4) is 0 Å². The van der Waals surface area contributed by atoms with Gasteiger partial charge in [-0.3, -0.25) is 0 Å². The van der Waals surface area contributed by atoms with Gasteiger partial charge in [0.2, 0.25) is 11.7 Å². The maximum absolute atomic E-state index is 10.0. The molecule has 2 atom stereocenters. The van der Waals surface area contributed by atoms with Crippen molar-refractivity contribution in [2.75, 3.05) is 7.11 Å². The highest BCUT2D eigenvalue weighted by molar-refractivity contribution is 4.97. The van der Waals surface area contributed by atoms with Crippen molar-refractivity contribution in [3.63, 3.8) is 0 Å². The van der Waals surface area contributed by atoms with E-state index >= 15 is 0 Å². The minimum Gasteiger partial charge on any atom is -0.392 e. The van der Waals surface area contributed by atoms with Crippen molar-refractivity contribution in [2.24, 2.45) is 10.8 Å². The monoisotopic (exact) mass is 270 g/mol. The van der Waals surface area contributed by atoms with Crippen LogP contribution in [-0.4, -0.2) is 28.5 Å². The van der Waals surface area contributed by atoms with Crippen LogP contribution in [-0.2, 0) is 11.2 Å². The molecule has 110 valence electrons. The smallest absolute Gasteiger partial charge is 0.229 e. The standard InChI is InChI=1S/C14H26N2O3/c1-13(2,3)9(17)8-10-15-12(16-19-10)11(18-7)14(4,5)6/h9,11,17H,8H2,1-7H3. The molecule has 2 unspecified atom stereocenters. The van der Waals surface area contributed by atoms with Gasteiger partial charge in [0.05, 0.1) is 12.5 Å². The number of aromatic nitrogens is 2. The van der Waals surface area contributed by atoms with E-state index in [9.17, 15) is 5.11 Å². The summed E-state index contributed by atoms with van der Waals surface area (Å²) >= 11 is 0. The van der Waals surface area contributed by atoms with Gasteiger partial charge in [0, 0.05) is 7.11 Å². The third-order valence-corrected chi connectivity index (χ3v) is 3.11. The van der Waals surface area contributed by atoms with Gasteiger partial charge in [-0.1, -0.05) is 46.7 Å². The molecule has 0 amide bonds. The number of rotatable bonds is 4. The van der Waals surface area contributed by atoms with Crippen molar-refractivity contribution in [1.82, 2.24) is 10.1 Å². The molecule has 1 aromatic rings. The van der Waals surface area contributed by atoms with Crippen LogP contribution in [0.4, 0.5) is 0 Å². The van der Waals surface area contributed by atoms with Crippen molar-refractivity contribution in [3.8, 4) is 0 Å². The zero-order valence-corrected chi connectivity index (χ0v) is 13.0. The molecule has 0 fully saturated rings. The first kappa shape index (κ1) is 16.1. The number of hydrogen-bond donors (Lipinski definition) is 1. The number of aliphatic hydroxyl groups excluding tert-OH is 1. The Bertz CT molecular complexity index is 402. The number of methoxy groups -OCH3 is 1. The van der Waals surface area contributed by atoms with E-state index in [4.69, 9.17) is 9.26 Å². The molecule has 0 radical (unpaired) electrons. The van der Waals surface area contributed by atoms with Gasteiger partial charge in [0.1, 0.15) is 6.10 Å². The fourth-order valence-corrected chi connectivity index (χ4v) is 1.78. The molecular formula is C14H26N2O3. The average Bonchev–Trinajstić information content (AvgIpc) is 2.63. The van der Waals surface area contributed by atoms with Crippen molar-refractivity contribution in [1.29, 1.82) is 0 Å². The average molecular weight is 270 g/mol. The molecule has 0 aliphatic carbocycles. The molecule has 19 heavy (non-hydrogen) atoms. The first-order chi connectivity index (χ1) is 8.55. The summed E-state index contributed by atoms with van der Waals surface area (Å²) in [7, 11) is 1.63. The second kappa shape index (κ2) is 5.59. The van der Waals surface area contributed by atoms with E-state index in [1.807, 2.05) is 20.8 Å². The van der Waals surface area contributed by atoms with E-state index in [0.29, 0.717) is 18.1 Å². The summed E-state index contributed by atoms with van der Waals surface area (Å²) in [6.07, 6.45) is -0.384. The Balaban J connectivity index is 2.83. The van der Waals surface area contributed by atoms with Crippen LogP contribution < -0.4 is 0 Å². The van der Waals surface area contributed by atoms with Crippen LogP contribution in [0.25, 0.3) is 0 Å². The number of nitrogens with zero attached hydrogens (tertiary/aromatic N) is 2. The molecule has 1 N–H and O–H groups in total. The molecule has 1 rings (SSSR count). The van der Waals surface area contributed by atoms with E-state index in [1.165, 1.54) is 0 Å². The number of aliphatic hydroxyl groups is 1. The lowest BCUT2D eigenvalue weighted by Crippen LogP contribution is -2.28. The minimum absolute atomic E-state index is 0.113. The molecule has 0 spiro atoms. The Morgan fingerprint density at radius 2 is 1.74 bits per heavy atom. The minimum atomic E-state index is -0.517. The summed E-state index contributed by atoms with van der Waals surface area (Å²) in [5.74, 6) is 0.981. The third kappa shape index (κ3) is 4.28. The molecule has 0 aliphatic heterocycles. The zero-order chi connectivity index (χ0) is 14.8. The fraction of sp³-hybridized carbons (Fsp3) is 0.857. The van der Waals surface area contributed by atoms with E-state index in [0.717, 1.165) is 0 Å². The van der Waals surface area contributed by atoms with Crippen molar-refractivity contribution >= 4 is 0 Å². The second-order valence-electron chi connectivity index (χ2n) is 7.11.